The van der Waals surface area contributed by atoms with Crippen molar-refractivity contribution in [3.8, 4) is 0 Å². The van der Waals surface area contributed by atoms with Gasteiger partial charge >= 0.3 is 7.27 Å². The summed E-state index contributed by atoms with van der Waals surface area (Å²) in [6.07, 6.45) is 0. The molecule has 0 fully saturated rings. The second kappa shape index (κ2) is 4.59. The highest BCUT2D eigenvalue weighted by Gasteiger charge is 2.25. The Bertz CT molecular complexity index is 250. The van der Waals surface area contributed by atoms with Crippen molar-refractivity contribution >= 4 is 12.9 Å². The maximum absolute atomic E-state index is 11.8. The molecule has 0 atom stereocenters. The Morgan fingerprint density at radius 1 is 1.17 bits per heavy atom. The van der Waals surface area contributed by atoms with Crippen LogP contribution in [0, 0.1) is 0 Å². The van der Waals surface area contributed by atoms with Gasteiger partial charge in [0.25, 0.3) is 0 Å². The molecule has 12 heavy (non-hydrogen) atoms. The number of halogens is 3. The first-order valence-corrected chi connectivity index (χ1v) is 3.09. The molecule has 64 valence electrons. The van der Waals surface area contributed by atoms with Crippen LogP contribution < -0.4 is 4.70 Å². The first kappa shape index (κ1) is 10.7. The van der Waals surface area contributed by atoms with Crippen molar-refractivity contribution in [2.45, 2.75) is 0 Å². The molecule has 0 aliphatic rings. The van der Waals surface area contributed by atoms with Gasteiger partial charge in [0, 0.05) is 5.56 Å². The Morgan fingerprint density at radius 2 is 1.67 bits per heavy atom. The minimum absolute atomic E-state index is 0. The van der Waals surface area contributed by atoms with Crippen molar-refractivity contribution in [2.24, 2.45) is 0 Å². The smallest absolute Gasteiger partial charge is 0.614 e. The summed E-state index contributed by atoms with van der Waals surface area (Å²) in [5.74, 6) is 0. The predicted octanol–water partition coefficient (Wildman–Crippen LogP) is -1.16. The van der Waals surface area contributed by atoms with Crippen LogP contribution in [0.2, 0.25) is 0 Å². The van der Waals surface area contributed by atoms with Crippen LogP contribution in [0.25, 0.3) is 0 Å². The van der Waals surface area contributed by atoms with Gasteiger partial charge in [-0.1, -0.05) is 30.3 Å². The Labute approximate surface area is 67.9 Å². The summed E-state index contributed by atoms with van der Waals surface area (Å²) in [5, 5.41) is 0. The summed E-state index contributed by atoms with van der Waals surface area (Å²) in [6, 6.07) is 7.51. The lowest BCUT2D eigenvalue weighted by Crippen LogP contribution is -3.00. The Morgan fingerprint density at radius 3 is 2.08 bits per heavy atom. The molecule has 0 amide bonds. The number of carbonyl (C=O) groups is 1. The molecule has 0 aromatic heterocycles. The normalized spacial score (nSPS) is 8.50. The molecule has 0 aliphatic carbocycles. The van der Waals surface area contributed by atoms with Gasteiger partial charge in [-0.15, -0.1) is 0 Å². The van der Waals surface area contributed by atoms with Crippen LogP contribution in [0.4, 0.5) is 8.63 Å². The van der Waals surface area contributed by atoms with E-state index in [1.54, 1.807) is 18.2 Å². The topological polar surface area (TPSA) is 17.1 Å². The summed E-state index contributed by atoms with van der Waals surface area (Å²) in [6.45, 7) is 0. The van der Waals surface area contributed by atoms with E-state index < -0.39 is 12.9 Å². The summed E-state index contributed by atoms with van der Waals surface area (Å²) >= 11 is 0. The van der Waals surface area contributed by atoms with E-state index in [0.29, 0.717) is 0 Å². The molecule has 0 bridgehead atoms. The van der Waals surface area contributed by atoms with Crippen LogP contribution in [-0.4, -0.2) is 12.9 Å². The molecule has 5 heteroatoms. The fraction of sp³-hybridized carbons (Fsp3) is 0. The summed E-state index contributed by atoms with van der Waals surface area (Å²) in [5.41, 5.74) is -1.06. The van der Waals surface area contributed by atoms with Gasteiger partial charge < -0.3 is 4.70 Å². The fourth-order valence-electron chi connectivity index (χ4n) is 0.728. The summed E-state index contributed by atoms with van der Waals surface area (Å²) < 4.78 is 23.5. The van der Waals surface area contributed by atoms with Gasteiger partial charge in [-0.25, -0.2) is 0 Å². The zero-order valence-electron chi connectivity index (χ0n) is 6.01. The van der Waals surface area contributed by atoms with Gasteiger partial charge in [-0.05, 0) is 0 Å². The molecule has 0 radical (unpaired) electrons. The number of hydrogen-bond acceptors (Lipinski definition) is 1. The molecule has 1 aromatic carbocycles. The average Bonchev–Trinajstić information content (AvgIpc) is 2.05. The van der Waals surface area contributed by atoms with Gasteiger partial charge in [0.05, 0.1) is 0 Å². The van der Waals surface area contributed by atoms with E-state index >= 15 is 0 Å². The van der Waals surface area contributed by atoms with E-state index in [0.717, 1.165) is 0 Å². The second-order valence-corrected chi connectivity index (χ2v) is 2.03. The maximum Gasteiger partial charge on any atom is 0.614 e. The van der Waals surface area contributed by atoms with Crippen molar-refractivity contribution in [1.29, 1.82) is 0 Å². The standard InChI is InChI=1S/C7H5BF2O.FH/c9-8(10)7(11)6-4-2-1-3-5-6;/h1-5H;1H/p-1. The Kier molecular flexibility index (Phi) is 4.11. The van der Waals surface area contributed by atoms with Crippen LogP contribution >= 0.6 is 0 Å². The average molecular weight is 173 g/mol. The number of hydrogen-bond donors (Lipinski definition) is 0. The van der Waals surface area contributed by atoms with Crippen LogP contribution in [0.15, 0.2) is 30.3 Å². The maximum atomic E-state index is 11.8. The number of rotatable bonds is 2. The van der Waals surface area contributed by atoms with Crippen LogP contribution in [0.1, 0.15) is 10.4 Å². The lowest BCUT2D eigenvalue weighted by Gasteiger charge is -1.93. The minimum atomic E-state index is -2.91. The zero-order valence-corrected chi connectivity index (χ0v) is 6.01. The van der Waals surface area contributed by atoms with Gasteiger partial charge in [-0.2, -0.15) is 0 Å². The van der Waals surface area contributed by atoms with Gasteiger partial charge in [0.2, 0.25) is 5.68 Å². The molecule has 0 unspecified atom stereocenters. The van der Waals surface area contributed by atoms with E-state index in [9.17, 15) is 13.4 Å². The summed E-state index contributed by atoms with van der Waals surface area (Å²) in [4.78, 5) is 10.6. The number of benzene rings is 1. The third-order valence-electron chi connectivity index (χ3n) is 1.26. The van der Waals surface area contributed by atoms with E-state index in [4.69, 9.17) is 0 Å². The highest BCUT2D eigenvalue weighted by Crippen LogP contribution is 2.03. The minimum Gasteiger partial charge on any atom is -1.00 e. The lowest BCUT2D eigenvalue weighted by molar-refractivity contribution is -0.00000982. The summed E-state index contributed by atoms with van der Waals surface area (Å²) in [7, 11) is -2.91. The SMILES string of the molecule is O=C(B(F)F)c1ccccc1.[F-]. The van der Waals surface area contributed by atoms with Crippen molar-refractivity contribution in [2.75, 3.05) is 0 Å². The van der Waals surface area contributed by atoms with E-state index in [2.05, 4.69) is 0 Å². The van der Waals surface area contributed by atoms with Crippen molar-refractivity contribution in [3.63, 3.8) is 0 Å². The number of carbonyl (C=O) groups excluding carboxylic acids is 1. The quantitative estimate of drug-likeness (QED) is 0.515. The molecular weight excluding hydrogens is 168 g/mol. The van der Waals surface area contributed by atoms with Gasteiger partial charge in [0.1, 0.15) is 0 Å². The fourth-order valence-corrected chi connectivity index (χ4v) is 0.728. The second-order valence-electron chi connectivity index (χ2n) is 2.03. The largest absolute Gasteiger partial charge is 1.00 e. The molecule has 0 spiro atoms. The molecular formula is C7H5BF3O-. The Balaban J connectivity index is 0.00000121. The monoisotopic (exact) mass is 173 g/mol. The predicted molar refractivity (Wildman–Crippen MR) is 38.7 cm³/mol. The molecule has 1 rings (SSSR count). The van der Waals surface area contributed by atoms with Crippen molar-refractivity contribution in [3.05, 3.63) is 35.9 Å². The molecule has 0 N–H and O–H groups in total. The first-order chi connectivity index (χ1) is 5.22. The van der Waals surface area contributed by atoms with Crippen molar-refractivity contribution in [1.82, 2.24) is 0 Å². The van der Waals surface area contributed by atoms with Gasteiger partial charge in [0.15, 0.2) is 0 Å². The molecule has 1 nitrogen and oxygen atoms in total. The first-order valence-electron chi connectivity index (χ1n) is 3.09. The van der Waals surface area contributed by atoms with E-state index in [1.807, 2.05) is 0 Å². The third-order valence-corrected chi connectivity index (χ3v) is 1.26. The van der Waals surface area contributed by atoms with Crippen LogP contribution in [0.5, 0.6) is 0 Å². The third kappa shape index (κ3) is 2.41. The molecule has 0 aliphatic heterocycles. The van der Waals surface area contributed by atoms with E-state index in [1.165, 1.54) is 12.1 Å². The van der Waals surface area contributed by atoms with Crippen LogP contribution in [-0.2, 0) is 0 Å². The molecule has 0 heterocycles. The highest BCUT2D eigenvalue weighted by atomic mass is 19.2. The Hall–Kier alpha value is -1.26. The molecule has 0 saturated heterocycles. The molecule has 1 aromatic rings. The lowest BCUT2D eigenvalue weighted by atomic mass is 9.85. The van der Waals surface area contributed by atoms with Gasteiger partial charge in [-0.3, -0.25) is 13.4 Å². The zero-order chi connectivity index (χ0) is 8.27. The van der Waals surface area contributed by atoms with Crippen LogP contribution in [0.3, 0.4) is 0 Å². The van der Waals surface area contributed by atoms with Crippen molar-refractivity contribution < 1.29 is 18.1 Å². The van der Waals surface area contributed by atoms with E-state index in [-0.39, 0.29) is 10.3 Å². The molecule has 0 saturated carbocycles. The highest BCUT2D eigenvalue weighted by molar-refractivity contribution is 6.82.